The molecule has 3 fully saturated rings. The van der Waals surface area contributed by atoms with Gasteiger partial charge < -0.3 is 0 Å². The Hall–Kier alpha value is -0.830. The third-order valence-electron chi connectivity index (χ3n) is 11.1. The van der Waals surface area contributed by atoms with E-state index in [1.807, 2.05) is 0 Å². The number of allylic oxidation sites excluding steroid dienone is 1. The molecule has 1 amide bonds. The second kappa shape index (κ2) is 10.3. The Morgan fingerprint density at radius 1 is 1.03 bits per heavy atom. The van der Waals surface area contributed by atoms with Crippen molar-refractivity contribution in [2.24, 2.45) is 46.3 Å². The monoisotopic (exact) mass is 469 g/mol. The van der Waals surface area contributed by atoms with Crippen LogP contribution in [-0.4, -0.2) is 23.5 Å². The van der Waals surface area contributed by atoms with Gasteiger partial charge in [0, 0.05) is 6.04 Å². The molecule has 1 radical (unpaired) electrons. The largest absolute Gasteiger partial charge is 0.327 e. The van der Waals surface area contributed by atoms with E-state index in [1.165, 1.54) is 57.8 Å². The Balaban J connectivity index is 1.46. The van der Waals surface area contributed by atoms with Gasteiger partial charge in [-0.1, -0.05) is 65.5 Å². The number of amides is 1. The molecule has 3 heteroatoms. The summed E-state index contributed by atoms with van der Waals surface area (Å²) in [5.41, 5.74) is 5.86. The van der Waals surface area contributed by atoms with Crippen LogP contribution >= 0.6 is 0 Å². The molecule has 0 bridgehead atoms. The fourth-order valence-corrected chi connectivity index (χ4v) is 9.37. The Labute approximate surface area is 210 Å². The van der Waals surface area contributed by atoms with E-state index in [9.17, 15) is 4.79 Å². The molecule has 0 aliphatic heterocycles. The molecular formula is C31H53N2O. The zero-order chi connectivity index (χ0) is 24.7. The number of carbonyl (C=O) groups excluding carboxylic acids is 1. The number of rotatable bonds is 9. The molecule has 4 rings (SSSR count). The molecule has 193 valence electrons. The minimum atomic E-state index is 0.257. The van der Waals surface area contributed by atoms with Gasteiger partial charge in [-0.25, -0.2) is 5.43 Å². The number of hydrazine groups is 1. The van der Waals surface area contributed by atoms with Crippen LogP contribution in [0.4, 0.5) is 0 Å². The second-order valence-electron chi connectivity index (χ2n) is 13.9. The van der Waals surface area contributed by atoms with Crippen molar-refractivity contribution < 1.29 is 4.79 Å². The summed E-state index contributed by atoms with van der Waals surface area (Å²) in [7, 11) is 0. The van der Waals surface area contributed by atoms with Gasteiger partial charge in [0.25, 0.3) is 0 Å². The van der Waals surface area contributed by atoms with E-state index < -0.39 is 0 Å². The number of hydrogen-bond donors (Lipinski definition) is 1. The van der Waals surface area contributed by atoms with Crippen molar-refractivity contribution >= 4 is 6.41 Å². The Morgan fingerprint density at radius 2 is 1.79 bits per heavy atom. The molecule has 0 aromatic carbocycles. The van der Waals surface area contributed by atoms with Crippen molar-refractivity contribution in [2.45, 2.75) is 131 Å². The van der Waals surface area contributed by atoms with Gasteiger partial charge in [-0.3, -0.25) is 9.80 Å². The summed E-state index contributed by atoms with van der Waals surface area (Å²) in [6.07, 6.45) is 19.5. The first-order valence-electron chi connectivity index (χ1n) is 14.7. The van der Waals surface area contributed by atoms with Crippen LogP contribution in [0.15, 0.2) is 11.6 Å². The van der Waals surface area contributed by atoms with Crippen LogP contribution in [0.3, 0.4) is 0 Å². The average Bonchev–Trinajstić information content (AvgIpc) is 3.14. The molecular weight excluding hydrogens is 416 g/mol. The molecule has 34 heavy (non-hydrogen) atoms. The van der Waals surface area contributed by atoms with Crippen LogP contribution in [0, 0.1) is 46.3 Å². The molecule has 0 aromatic heterocycles. The lowest BCUT2D eigenvalue weighted by Crippen LogP contribution is -2.54. The van der Waals surface area contributed by atoms with Gasteiger partial charge in [-0.15, -0.1) is 0 Å². The zero-order valence-electron chi connectivity index (χ0n) is 23.3. The third-order valence-corrected chi connectivity index (χ3v) is 11.1. The van der Waals surface area contributed by atoms with Crippen LogP contribution in [0.2, 0.25) is 0 Å². The van der Waals surface area contributed by atoms with E-state index in [-0.39, 0.29) is 12.1 Å². The maximum absolute atomic E-state index is 11.7. The van der Waals surface area contributed by atoms with E-state index in [2.05, 4.69) is 66.4 Å². The van der Waals surface area contributed by atoms with Gasteiger partial charge in [0.15, 0.2) is 0 Å². The van der Waals surface area contributed by atoms with Crippen molar-refractivity contribution in [3.8, 4) is 0 Å². The minimum Gasteiger partial charge on any atom is -0.266 e. The smallest absolute Gasteiger partial charge is 0.266 e. The van der Waals surface area contributed by atoms with Crippen LogP contribution in [0.1, 0.15) is 119 Å². The van der Waals surface area contributed by atoms with Crippen LogP contribution < -0.4 is 5.43 Å². The fourth-order valence-electron chi connectivity index (χ4n) is 9.37. The summed E-state index contributed by atoms with van der Waals surface area (Å²) < 4.78 is 0. The predicted octanol–water partition coefficient (Wildman–Crippen LogP) is 7.68. The lowest BCUT2D eigenvalue weighted by Gasteiger charge is -2.59. The van der Waals surface area contributed by atoms with Crippen LogP contribution in [-0.2, 0) is 4.79 Å². The molecule has 4 aliphatic carbocycles. The molecule has 4 unspecified atom stereocenters. The topological polar surface area (TPSA) is 32.3 Å². The molecule has 1 N–H and O–H groups in total. The first kappa shape index (κ1) is 26.2. The van der Waals surface area contributed by atoms with Crippen molar-refractivity contribution in [1.29, 1.82) is 0 Å². The second-order valence-corrected chi connectivity index (χ2v) is 13.9. The highest BCUT2D eigenvalue weighted by molar-refractivity contribution is 5.48. The predicted molar refractivity (Wildman–Crippen MR) is 143 cm³/mol. The number of hydrogen-bond acceptors (Lipinski definition) is 2. The summed E-state index contributed by atoms with van der Waals surface area (Å²) in [6, 6.07) is 0.519. The standard InChI is InChI=1S/C31H53N2O/c1-21(2)9-8-10-23(5)27-13-14-28-26-12-11-24-19-25(33(20-34)32-22(3)4)15-17-30(24,6)29(26)16-18-31(27,28)7/h11,21-23,25-29,32H,8-10,12-19H2,1-7H3/t23-,25?,26?,27-,28?,29?,30+,31-/m1/s1. The summed E-state index contributed by atoms with van der Waals surface area (Å²) in [5, 5.41) is 1.75. The molecule has 0 spiro atoms. The first-order chi connectivity index (χ1) is 16.1. The maximum atomic E-state index is 11.7. The van der Waals surface area contributed by atoms with E-state index in [4.69, 9.17) is 0 Å². The lowest BCUT2D eigenvalue weighted by atomic mass is 9.47. The van der Waals surface area contributed by atoms with Crippen LogP contribution in [0.25, 0.3) is 0 Å². The Kier molecular flexibility index (Phi) is 7.92. The van der Waals surface area contributed by atoms with Crippen molar-refractivity contribution in [2.75, 3.05) is 0 Å². The first-order valence-corrected chi connectivity index (χ1v) is 14.7. The summed E-state index contributed by atoms with van der Waals surface area (Å²) >= 11 is 0. The van der Waals surface area contributed by atoms with Gasteiger partial charge in [-0.2, -0.15) is 0 Å². The molecule has 8 atom stereocenters. The number of fused-ring (bicyclic) bond motifs is 5. The van der Waals surface area contributed by atoms with Crippen molar-refractivity contribution in [3.63, 3.8) is 0 Å². The van der Waals surface area contributed by atoms with Crippen LogP contribution in [0.5, 0.6) is 0 Å². The van der Waals surface area contributed by atoms with Gasteiger partial charge in [0.1, 0.15) is 0 Å². The van der Waals surface area contributed by atoms with Crippen molar-refractivity contribution in [3.05, 3.63) is 11.6 Å². The number of nitrogens with zero attached hydrogens (tertiary/aromatic N) is 1. The van der Waals surface area contributed by atoms with Crippen molar-refractivity contribution in [1.82, 2.24) is 10.4 Å². The Bertz CT molecular complexity index is 744. The van der Waals surface area contributed by atoms with E-state index in [0.29, 0.717) is 10.8 Å². The maximum Gasteiger partial charge on any atom is 0.327 e. The van der Waals surface area contributed by atoms with Gasteiger partial charge in [0.2, 0.25) is 0 Å². The minimum absolute atomic E-state index is 0.257. The van der Waals surface area contributed by atoms with E-state index >= 15 is 0 Å². The summed E-state index contributed by atoms with van der Waals surface area (Å²) in [5.74, 6) is 5.28. The summed E-state index contributed by atoms with van der Waals surface area (Å²) in [6.45, 7) is 16.8. The lowest BCUT2D eigenvalue weighted by molar-refractivity contribution is -0.0542. The normalized spacial score (nSPS) is 40.4. The van der Waals surface area contributed by atoms with Gasteiger partial charge in [0.05, 0.1) is 6.04 Å². The fraction of sp³-hybridized carbons (Fsp3) is 0.903. The average molecular weight is 470 g/mol. The zero-order valence-corrected chi connectivity index (χ0v) is 23.3. The van der Waals surface area contributed by atoms with Gasteiger partial charge in [-0.05, 0) is 112 Å². The highest BCUT2D eigenvalue weighted by Gasteiger charge is 2.59. The SMILES string of the molecule is CC(C)CCC[C@@H](C)[C@H]1CCC2C3CC=C4CC(N([C]=O)NC(C)C)CC[C@]4(C)C3CC[C@@]21C. The molecule has 3 saturated carbocycles. The molecule has 0 aromatic rings. The number of nitrogens with one attached hydrogen (secondary N) is 1. The quantitative estimate of drug-likeness (QED) is 0.213. The Morgan fingerprint density at radius 3 is 2.47 bits per heavy atom. The molecule has 0 heterocycles. The highest BCUT2D eigenvalue weighted by atomic mass is 16.1. The summed E-state index contributed by atoms with van der Waals surface area (Å²) in [4.78, 5) is 11.7. The molecule has 4 aliphatic rings. The third kappa shape index (κ3) is 4.76. The highest BCUT2D eigenvalue weighted by Crippen LogP contribution is 2.67. The molecule has 3 nitrogen and oxygen atoms in total. The van der Waals surface area contributed by atoms with E-state index in [0.717, 1.165) is 48.3 Å². The van der Waals surface area contributed by atoms with Gasteiger partial charge >= 0.3 is 6.41 Å². The molecule has 0 saturated heterocycles. The van der Waals surface area contributed by atoms with E-state index in [1.54, 1.807) is 10.6 Å².